The first-order valence-electron chi connectivity index (χ1n) is 6.59. The monoisotopic (exact) mass is 271 g/mol. The van der Waals surface area contributed by atoms with Crippen LogP contribution < -0.4 is 5.32 Å². The van der Waals surface area contributed by atoms with Crippen LogP contribution in [-0.4, -0.2) is 34.1 Å². The molecule has 0 saturated heterocycles. The van der Waals surface area contributed by atoms with E-state index in [0.29, 0.717) is 25.7 Å². The van der Waals surface area contributed by atoms with Gasteiger partial charge in [-0.1, -0.05) is 20.3 Å². The Morgan fingerprint density at radius 3 is 2.21 bits per heavy atom. The summed E-state index contributed by atoms with van der Waals surface area (Å²) in [6, 6.07) is -0.942. The Hall–Kier alpha value is -1.59. The lowest BCUT2D eigenvalue weighted by atomic mass is 9.94. The molecule has 3 N–H and O–H groups in total. The second kappa shape index (κ2) is 6.54. The Morgan fingerprint density at radius 1 is 1.16 bits per heavy atom. The number of amides is 1. The summed E-state index contributed by atoms with van der Waals surface area (Å²) in [5.41, 5.74) is 0. The maximum Gasteiger partial charge on any atom is 0.326 e. The molecule has 1 aliphatic carbocycles. The summed E-state index contributed by atoms with van der Waals surface area (Å²) in [7, 11) is 0. The summed E-state index contributed by atoms with van der Waals surface area (Å²) in [6.07, 6.45) is 2.02. The van der Waals surface area contributed by atoms with Crippen LogP contribution in [0.3, 0.4) is 0 Å². The Balaban J connectivity index is 2.66. The minimum Gasteiger partial charge on any atom is -0.481 e. The molecule has 1 saturated carbocycles. The maximum atomic E-state index is 12.0. The molecule has 0 bridgehead atoms. The lowest BCUT2D eigenvalue weighted by molar-refractivity contribution is -0.147. The highest BCUT2D eigenvalue weighted by Gasteiger charge is 2.38. The number of carbonyl (C=O) groups is 3. The van der Waals surface area contributed by atoms with Crippen molar-refractivity contribution in [2.75, 3.05) is 0 Å². The predicted molar refractivity (Wildman–Crippen MR) is 67.5 cm³/mol. The van der Waals surface area contributed by atoms with Gasteiger partial charge in [-0.15, -0.1) is 0 Å². The molecule has 1 rings (SSSR count). The van der Waals surface area contributed by atoms with Crippen LogP contribution in [0.1, 0.15) is 39.5 Å². The molecule has 1 amide bonds. The quantitative estimate of drug-likeness (QED) is 0.671. The first-order valence-corrected chi connectivity index (χ1v) is 6.59. The van der Waals surface area contributed by atoms with Gasteiger partial charge >= 0.3 is 11.9 Å². The van der Waals surface area contributed by atoms with E-state index in [9.17, 15) is 14.4 Å². The lowest BCUT2D eigenvalue weighted by Crippen LogP contribution is -2.45. The van der Waals surface area contributed by atoms with E-state index in [1.54, 1.807) is 0 Å². The number of aliphatic carboxylic acids is 2. The number of hydrogen-bond donors (Lipinski definition) is 3. The molecule has 6 nitrogen and oxygen atoms in total. The van der Waals surface area contributed by atoms with Gasteiger partial charge in [0.05, 0.1) is 11.8 Å². The number of hydrogen-bond acceptors (Lipinski definition) is 3. The highest BCUT2D eigenvalue weighted by atomic mass is 16.4. The summed E-state index contributed by atoms with van der Waals surface area (Å²) in [5, 5.41) is 20.6. The summed E-state index contributed by atoms with van der Waals surface area (Å²) in [5.74, 6) is -3.65. The van der Waals surface area contributed by atoms with Crippen molar-refractivity contribution in [2.45, 2.75) is 45.6 Å². The smallest absolute Gasteiger partial charge is 0.326 e. The summed E-state index contributed by atoms with van der Waals surface area (Å²) in [6.45, 7) is 3.75. The fourth-order valence-electron chi connectivity index (χ4n) is 2.54. The molecule has 0 heterocycles. The van der Waals surface area contributed by atoms with Crippen LogP contribution in [0.15, 0.2) is 0 Å². The standard InChI is InChI=1S/C13H21NO5/c1-7(2)6-10(13(18)19)14-11(15)8-4-3-5-9(8)12(16)17/h7-10H,3-6H2,1-2H3,(H,14,15)(H,16,17)(H,18,19)/t8-,9+,10?/m1/s1. The van der Waals surface area contributed by atoms with Crippen molar-refractivity contribution < 1.29 is 24.6 Å². The highest BCUT2D eigenvalue weighted by molar-refractivity contribution is 5.88. The molecule has 1 unspecified atom stereocenters. The van der Waals surface area contributed by atoms with Crippen molar-refractivity contribution in [1.82, 2.24) is 5.32 Å². The van der Waals surface area contributed by atoms with Gasteiger partial charge < -0.3 is 15.5 Å². The van der Waals surface area contributed by atoms with Crippen molar-refractivity contribution in [3.63, 3.8) is 0 Å². The number of carboxylic acid groups (broad SMARTS) is 2. The Kier molecular flexibility index (Phi) is 5.32. The van der Waals surface area contributed by atoms with Gasteiger partial charge in [-0.25, -0.2) is 4.79 Å². The maximum absolute atomic E-state index is 12.0. The van der Waals surface area contributed by atoms with Crippen LogP contribution in [0, 0.1) is 17.8 Å². The van der Waals surface area contributed by atoms with Crippen molar-refractivity contribution in [3.05, 3.63) is 0 Å². The van der Waals surface area contributed by atoms with Crippen LogP contribution in [0.5, 0.6) is 0 Å². The molecular formula is C13H21NO5. The molecule has 19 heavy (non-hydrogen) atoms. The van der Waals surface area contributed by atoms with Gasteiger partial charge in [0, 0.05) is 0 Å². The van der Waals surface area contributed by atoms with Crippen molar-refractivity contribution in [3.8, 4) is 0 Å². The fourth-order valence-corrected chi connectivity index (χ4v) is 2.54. The van der Waals surface area contributed by atoms with Crippen LogP contribution in [0.4, 0.5) is 0 Å². The van der Waals surface area contributed by atoms with Crippen LogP contribution in [0.2, 0.25) is 0 Å². The number of rotatable bonds is 6. The molecule has 0 radical (unpaired) electrons. The molecule has 0 aliphatic heterocycles. The molecule has 108 valence electrons. The minimum atomic E-state index is -1.08. The third kappa shape index (κ3) is 4.22. The van der Waals surface area contributed by atoms with E-state index >= 15 is 0 Å². The molecule has 0 aromatic carbocycles. The van der Waals surface area contributed by atoms with Crippen LogP contribution in [0.25, 0.3) is 0 Å². The van der Waals surface area contributed by atoms with E-state index in [1.165, 1.54) is 0 Å². The van der Waals surface area contributed by atoms with Gasteiger partial charge in [0.2, 0.25) is 5.91 Å². The molecule has 3 atom stereocenters. The normalized spacial score (nSPS) is 24.2. The van der Waals surface area contributed by atoms with Gasteiger partial charge in [-0.2, -0.15) is 0 Å². The third-order valence-corrected chi connectivity index (χ3v) is 3.49. The zero-order chi connectivity index (χ0) is 14.6. The molecular weight excluding hydrogens is 250 g/mol. The van der Waals surface area contributed by atoms with Crippen molar-refractivity contribution in [2.24, 2.45) is 17.8 Å². The lowest BCUT2D eigenvalue weighted by Gasteiger charge is -2.20. The molecule has 0 aromatic heterocycles. The van der Waals surface area contributed by atoms with Gasteiger partial charge in [0.1, 0.15) is 6.04 Å². The molecule has 1 aliphatic rings. The van der Waals surface area contributed by atoms with Crippen molar-refractivity contribution >= 4 is 17.8 Å². The summed E-state index contributed by atoms with van der Waals surface area (Å²) >= 11 is 0. The van der Waals surface area contributed by atoms with E-state index in [4.69, 9.17) is 10.2 Å². The van der Waals surface area contributed by atoms with E-state index in [0.717, 1.165) is 0 Å². The SMILES string of the molecule is CC(C)CC(NC(=O)[C@@H]1CCC[C@@H]1C(=O)O)C(=O)O. The van der Waals surface area contributed by atoms with E-state index < -0.39 is 35.7 Å². The van der Waals surface area contributed by atoms with E-state index in [-0.39, 0.29) is 5.92 Å². The average Bonchev–Trinajstić information content (AvgIpc) is 2.76. The summed E-state index contributed by atoms with van der Waals surface area (Å²) < 4.78 is 0. The second-order valence-corrected chi connectivity index (χ2v) is 5.51. The first-order chi connectivity index (χ1) is 8.82. The number of carbonyl (C=O) groups excluding carboxylic acids is 1. The third-order valence-electron chi connectivity index (χ3n) is 3.49. The Bertz CT molecular complexity index is 366. The highest BCUT2D eigenvalue weighted by Crippen LogP contribution is 2.32. The second-order valence-electron chi connectivity index (χ2n) is 5.51. The van der Waals surface area contributed by atoms with E-state index in [2.05, 4.69) is 5.32 Å². The van der Waals surface area contributed by atoms with Crippen molar-refractivity contribution in [1.29, 1.82) is 0 Å². The van der Waals surface area contributed by atoms with Gasteiger partial charge in [0.15, 0.2) is 0 Å². The molecule has 6 heteroatoms. The Labute approximate surface area is 112 Å². The largest absolute Gasteiger partial charge is 0.481 e. The van der Waals surface area contributed by atoms with Gasteiger partial charge in [-0.05, 0) is 25.2 Å². The van der Waals surface area contributed by atoms with E-state index in [1.807, 2.05) is 13.8 Å². The fraction of sp³-hybridized carbons (Fsp3) is 0.769. The zero-order valence-corrected chi connectivity index (χ0v) is 11.3. The zero-order valence-electron chi connectivity index (χ0n) is 11.3. The molecule has 1 fully saturated rings. The molecule has 0 spiro atoms. The predicted octanol–water partition coefficient (Wildman–Crippen LogP) is 1.10. The van der Waals surface area contributed by atoms with Crippen LogP contribution in [-0.2, 0) is 14.4 Å². The molecule has 0 aromatic rings. The van der Waals surface area contributed by atoms with Gasteiger partial charge in [-0.3, -0.25) is 9.59 Å². The number of nitrogens with one attached hydrogen (secondary N) is 1. The first kappa shape index (κ1) is 15.5. The van der Waals surface area contributed by atoms with Crippen LogP contribution >= 0.6 is 0 Å². The minimum absolute atomic E-state index is 0.139. The average molecular weight is 271 g/mol. The topological polar surface area (TPSA) is 104 Å². The Morgan fingerprint density at radius 2 is 1.74 bits per heavy atom. The summed E-state index contributed by atoms with van der Waals surface area (Å²) in [4.78, 5) is 34.1. The van der Waals surface area contributed by atoms with Gasteiger partial charge in [0.25, 0.3) is 0 Å². The number of carboxylic acids is 2.